The Bertz CT molecular complexity index is 1670. The van der Waals surface area contributed by atoms with Crippen LogP contribution in [0.1, 0.15) is 194 Å². The van der Waals surface area contributed by atoms with Gasteiger partial charge in [0, 0.05) is 19.3 Å². The Balaban J connectivity index is 4.41. The summed E-state index contributed by atoms with van der Waals surface area (Å²) in [6.07, 6.45) is 83.9. The summed E-state index contributed by atoms with van der Waals surface area (Å²) in [6.45, 7) is 6.21. The molecule has 0 aliphatic carbocycles. The fourth-order valence-electron chi connectivity index (χ4n) is 6.48. The summed E-state index contributed by atoms with van der Waals surface area (Å²) < 4.78 is 16.6. The fourth-order valence-corrected chi connectivity index (χ4v) is 6.48. The second-order valence-electron chi connectivity index (χ2n) is 17.0. The molecule has 70 heavy (non-hydrogen) atoms. The van der Waals surface area contributed by atoms with E-state index in [1.807, 2.05) is 12.2 Å². The van der Waals surface area contributed by atoms with Crippen molar-refractivity contribution in [1.82, 2.24) is 0 Å². The molecule has 0 aromatic carbocycles. The molecular formula is C64H96O6. The van der Waals surface area contributed by atoms with Gasteiger partial charge in [-0.3, -0.25) is 14.4 Å². The molecule has 0 spiro atoms. The Hall–Kier alpha value is -5.23. The van der Waals surface area contributed by atoms with Crippen molar-refractivity contribution in [2.75, 3.05) is 13.2 Å². The average molecular weight is 961 g/mol. The molecule has 0 amide bonds. The van der Waals surface area contributed by atoms with Crippen LogP contribution in [0.3, 0.4) is 0 Å². The minimum absolute atomic E-state index is 0.131. The van der Waals surface area contributed by atoms with Crippen molar-refractivity contribution < 1.29 is 28.6 Å². The summed E-state index contributed by atoms with van der Waals surface area (Å²) in [5, 5.41) is 0. The Labute approximate surface area is 428 Å². The number of carbonyl (C=O) groups is 3. The molecule has 0 aromatic heterocycles. The summed E-state index contributed by atoms with van der Waals surface area (Å²) in [5.41, 5.74) is 0. The molecule has 0 N–H and O–H groups in total. The summed E-state index contributed by atoms with van der Waals surface area (Å²) in [5.74, 6) is -1.09. The van der Waals surface area contributed by atoms with E-state index in [-0.39, 0.29) is 38.0 Å². The maximum atomic E-state index is 12.7. The number of hydrogen-bond acceptors (Lipinski definition) is 6. The smallest absolute Gasteiger partial charge is 0.306 e. The molecule has 0 saturated heterocycles. The molecule has 0 radical (unpaired) electrons. The first kappa shape index (κ1) is 64.8. The molecular weight excluding hydrogens is 865 g/mol. The zero-order valence-electron chi connectivity index (χ0n) is 44.2. The Kier molecular flexibility index (Phi) is 52.1. The quantitative estimate of drug-likeness (QED) is 0.0262. The van der Waals surface area contributed by atoms with Gasteiger partial charge in [-0.1, -0.05) is 223 Å². The Morgan fingerprint density at radius 3 is 0.929 bits per heavy atom. The third-order valence-corrected chi connectivity index (χ3v) is 10.5. The zero-order valence-corrected chi connectivity index (χ0v) is 44.2. The number of carbonyl (C=O) groups excluding carboxylic acids is 3. The van der Waals surface area contributed by atoms with E-state index < -0.39 is 12.1 Å². The maximum Gasteiger partial charge on any atom is 0.306 e. The third kappa shape index (κ3) is 53.7. The second kappa shape index (κ2) is 56.4. The highest BCUT2D eigenvalue weighted by Gasteiger charge is 2.19. The molecule has 1 unspecified atom stereocenters. The molecule has 0 saturated carbocycles. The Morgan fingerprint density at radius 2 is 0.586 bits per heavy atom. The number of ether oxygens (including phenoxy) is 3. The molecule has 0 fully saturated rings. The highest BCUT2D eigenvalue weighted by Crippen LogP contribution is 2.10. The number of allylic oxidation sites excluding steroid dienone is 28. The zero-order chi connectivity index (χ0) is 50.7. The van der Waals surface area contributed by atoms with Gasteiger partial charge in [-0.15, -0.1) is 0 Å². The third-order valence-electron chi connectivity index (χ3n) is 10.5. The van der Waals surface area contributed by atoms with Gasteiger partial charge in [0.25, 0.3) is 0 Å². The molecule has 1 atom stereocenters. The van der Waals surface area contributed by atoms with E-state index in [2.05, 4.69) is 179 Å². The summed E-state index contributed by atoms with van der Waals surface area (Å²) in [4.78, 5) is 37.8. The van der Waals surface area contributed by atoms with Crippen LogP contribution in [0.15, 0.2) is 170 Å². The van der Waals surface area contributed by atoms with Gasteiger partial charge in [-0.05, 0) is 122 Å². The van der Waals surface area contributed by atoms with E-state index in [0.29, 0.717) is 19.3 Å². The number of esters is 3. The van der Waals surface area contributed by atoms with Gasteiger partial charge < -0.3 is 14.2 Å². The molecule has 388 valence electrons. The monoisotopic (exact) mass is 961 g/mol. The van der Waals surface area contributed by atoms with E-state index in [0.717, 1.165) is 122 Å². The topological polar surface area (TPSA) is 78.9 Å². The highest BCUT2D eigenvalue weighted by molar-refractivity contribution is 5.71. The SMILES string of the molecule is CC/C=C\C/C=C\C/C=C\C/C=C\C/C=C\C/C=C\C/C=C\C/C=C\CCCCC(=O)OCC(COC(=O)CCCCCCCC)OC(=O)CC/C=C\C/C=C\C/C=C\C/C=C\C/C=C\C/C=C\CC. The lowest BCUT2D eigenvalue weighted by Gasteiger charge is -2.18. The normalized spacial score (nSPS) is 13.5. The number of rotatable bonds is 46. The molecule has 0 aliphatic heterocycles. The molecule has 0 bridgehead atoms. The van der Waals surface area contributed by atoms with Crippen molar-refractivity contribution in [2.24, 2.45) is 0 Å². The van der Waals surface area contributed by atoms with Gasteiger partial charge in [0.15, 0.2) is 6.10 Å². The van der Waals surface area contributed by atoms with Crippen molar-refractivity contribution >= 4 is 17.9 Å². The fraction of sp³-hybridized carbons (Fsp3) is 0.516. The molecule has 0 aliphatic rings. The van der Waals surface area contributed by atoms with E-state index in [1.54, 1.807) is 0 Å². The number of hydrogen-bond donors (Lipinski definition) is 0. The second-order valence-corrected chi connectivity index (χ2v) is 17.0. The van der Waals surface area contributed by atoms with Crippen LogP contribution < -0.4 is 0 Å². The largest absolute Gasteiger partial charge is 0.462 e. The number of unbranched alkanes of at least 4 members (excludes halogenated alkanes) is 7. The van der Waals surface area contributed by atoms with E-state index in [1.165, 1.54) is 19.3 Å². The Morgan fingerprint density at radius 1 is 0.300 bits per heavy atom. The standard InChI is InChI=1S/C64H96O6/c1-4-7-10-13-16-18-20-22-24-26-28-29-30-31-32-33-34-35-37-38-40-42-44-46-48-51-54-57-63(66)69-60-61(59-68-62(65)56-53-50-15-12-9-6-3)70-64(67)58-55-52-49-47-45-43-41-39-36-27-25-23-21-19-17-14-11-8-5-2/h7-8,10-11,16-19,22-25,28-29,31-32,34-36,38-40,43-46,49,52,61H,4-6,9,12-15,20-21,26-27,30,33,37,41-42,47-48,50-51,53-60H2,1-3H3/b10-7-,11-8-,18-16-,19-17-,24-22-,25-23-,29-28-,32-31-,35-34-,39-36-,40-38-,45-43-,46-44-,52-49-. The van der Waals surface area contributed by atoms with Crippen LogP contribution in [-0.2, 0) is 28.6 Å². The molecule has 0 heterocycles. The molecule has 0 aromatic rings. The van der Waals surface area contributed by atoms with Gasteiger partial charge in [0.05, 0.1) is 0 Å². The van der Waals surface area contributed by atoms with Crippen molar-refractivity contribution in [2.45, 2.75) is 200 Å². The minimum atomic E-state index is -0.842. The lowest BCUT2D eigenvalue weighted by Crippen LogP contribution is -2.30. The van der Waals surface area contributed by atoms with Crippen LogP contribution in [0.25, 0.3) is 0 Å². The van der Waals surface area contributed by atoms with Crippen LogP contribution in [0.5, 0.6) is 0 Å². The predicted molar refractivity (Wildman–Crippen MR) is 301 cm³/mol. The van der Waals surface area contributed by atoms with Gasteiger partial charge >= 0.3 is 17.9 Å². The maximum absolute atomic E-state index is 12.7. The summed E-state index contributed by atoms with van der Waals surface area (Å²) in [6, 6.07) is 0. The van der Waals surface area contributed by atoms with E-state index >= 15 is 0 Å². The van der Waals surface area contributed by atoms with E-state index in [9.17, 15) is 14.4 Å². The molecule has 0 rings (SSSR count). The van der Waals surface area contributed by atoms with Gasteiger partial charge in [0.2, 0.25) is 0 Å². The predicted octanol–water partition coefficient (Wildman–Crippen LogP) is 18.4. The van der Waals surface area contributed by atoms with Crippen LogP contribution in [-0.4, -0.2) is 37.2 Å². The molecule has 6 nitrogen and oxygen atoms in total. The van der Waals surface area contributed by atoms with Crippen molar-refractivity contribution in [3.8, 4) is 0 Å². The van der Waals surface area contributed by atoms with Crippen LogP contribution in [0, 0.1) is 0 Å². The van der Waals surface area contributed by atoms with E-state index in [4.69, 9.17) is 14.2 Å². The average Bonchev–Trinajstić information content (AvgIpc) is 3.36. The van der Waals surface area contributed by atoms with Crippen LogP contribution >= 0.6 is 0 Å². The first-order valence-electron chi connectivity index (χ1n) is 27.1. The highest BCUT2D eigenvalue weighted by atomic mass is 16.6. The van der Waals surface area contributed by atoms with Crippen LogP contribution in [0.4, 0.5) is 0 Å². The summed E-state index contributed by atoms with van der Waals surface area (Å²) in [7, 11) is 0. The minimum Gasteiger partial charge on any atom is -0.462 e. The lowest BCUT2D eigenvalue weighted by molar-refractivity contribution is -0.166. The van der Waals surface area contributed by atoms with Crippen molar-refractivity contribution in [1.29, 1.82) is 0 Å². The first-order chi connectivity index (χ1) is 34.5. The van der Waals surface area contributed by atoms with Gasteiger partial charge in [-0.25, -0.2) is 0 Å². The van der Waals surface area contributed by atoms with Crippen molar-refractivity contribution in [3.05, 3.63) is 170 Å². The van der Waals surface area contributed by atoms with Crippen molar-refractivity contribution in [3.63, 3.8) is 0 Å². The van der Waals surface area contributed by atoms with Crippen LogP contribution in [0.2, 0.25) is 0 Å². The summed E-state index contributed by atoms with van der Waals surface area (Å²) >= 11 is 0. The lowest BCUT2D eigenvalue weighted by atomic mass is 10.1. The van der Waals surface area contributed by atoms with Gasteiger partial charge in [0.1, 0.15) is 13.2 Å². The molecule has 6 heteroatoms. The first-order valence-corrected chi connectivity index (χ1v) is 27.1. The van der Waals surface area contributed by atoms with Gasteiger partial charge in [-0.2, -0.15) is 0 Å².